The number of carbonyl (C=O) groups excluding carboxylic acids is 1. The number of halogens is 1. The number of carbonyl (C=O) groups is 1. The molecule has 1 aromatic carbocycles. The first-order valence-electron chi connectivity index (χ1n) is 7.39. The van der Waals surface area contributed by atoms with Crippen LogP contribution in [0.15, 0.2) is 18.2 Å². The van der Waals surface area contributed by atoms with E-state index in [4.69, 9.17) is 16.3 Å². The zero-order valence-corrected chi connectivity index (χ0v) is 14.6. The first kappa shape index (κ1) is 18.2. The molecule has 0 bridgehead atoms. The fourth-order valence-corrected chi connectivity index (χ4v) is 3.05. The van der Waals surface area contributed by atoms with E-state index in [1.165, 1.54) is 0 Å². The largest absolute Gasteiger partial charge is 0.379 e. The van der Waals surface area contributed by atoms with Crippen LogP contribution >= 0.6 is 11.6 Å². The van der Waals surface area contributed by atoms with Gasteiger partial charge in [-0.15, -0.1) is 0 Å². The summed E-state index contributed by atoms with van der Waals surface area (Å²) in [6.07, 6.45) is 1.05. The first-order valence-corrected chi connectivity index (χ1v) is 9.83. The second-order valence-corrected chi connectivity index (χ2v) is 8.29. The van der Waals surface area contributed by atoms with Crippen LogP contribution in [-0.2, 0) is 25.9 Å². The van der Waals surface area contributed by atoms with Crippen molar-refractivity contribution in [1.29, 1.82) is 0 Å². The van der Waals surface area contributed by atoms with E-state index in [-0.39, 0.29) is 18.1 Å². The average Bonchev–Trinajstić information content (AvgIpc) is 2.48. The van der Waals surface area contributed by atoms with Gasteiger partial charge in [-0.1, -0.05) is 17.7 Å². The maximum atomic E-state index is 11.7. The Morgan fingerprint density at radius 2 is 2.04 bits per heavy atom. The predicted molar refractivity (Wildman–Crippen MR) is 90.5 cm³/mol. The van der Waals surface area contributed by atoms with Gasteiger partial charge in [0.1, 0.15) is 9.84 Å². The highest BCUT2D eigenvalue weighted by Crippen LogP contribution is 2.23. The fourth-order valence-electron chi connectivity index (χ4n) is 2.26. The van der Waals surface area contributed by atoms with Gasteiger partial charge in [-0.2, -0.15) is 0 Å². The fraction of sp³-hybridized carbons (Fsp3) is 0.533. The van der Waals surface area contributed by atoms with E-state index >= 15 is 0 Å². The van der Waals surface area contributed by atoms with Crippen molar-refractivity contribution in [3.63, 3.8) is 0 Å². The molecular formula is C15H21ClN2O4S. The number of benzene rings is 1. The van der Waals surface area contributed by atoms with Gasteiger partial charge < -0.3 is 10.1 Å². The third kappa shape index (κ3) is 6.47. The molecule has 1 amide bonds. The number of nitrogens with zero attached hydrogens (tertiary/aromatic N) is 1. The molecule has 128 valence electrons. The first-order chi connectivity index (χ1) is 10.8. The second-order valence-electron chi connectivity index (χ2n) is 5.62. The number of morpholine rings is 1. The summed E-state index contributed by atoms with van der Waals surface area (Å²) >= 11 is 6.28. The molecule has 0 radical (unpaired) electrons. The lowest BCUT2D eigenvalue weighted by Crippen LogP contribution is -2.35. The van der Waals surface area contributed by atoms with Crippen molar-refractivity contribution >= 4 is 33.0 Å². The number of anilines is 1. The SMILES string of the molecule is CS(=O)(=O)CCC(=O)Nc1ccc(CN2CCOCC2)c(Cl)c1. The van der Waals surface area contributed by atoms with E-state index in [0.717, 1.165) is 44.7 Å². The normalized spacial score (nSPS) is 16.3. The lowest BCUT2D eigenvalue weighted by atomic mass is 10.2. The van der Waals surface area contributed by atoms with Gasteiger partial charge in [-0.3, -0.25) is 9.69 Å². The maximum Gasteiger partial charge on any atom is 0.225 e. The summed E-state index contributed by atoms with van der Waals surface area (Å²) in [6, 6.07) is 5.35. The van der Waals surface area contributed by atoms with Crippen molar-refractivity contribution in [3.05, 3.63) is 28.8 Å². The summed E-state index contributed by atoms with van der Waals surface area (Å²) in [5.41, 5.74) is 1.56. The molecule has 8 heteroatoms. The topological polar surface area (TPSA) is 75.7 Å². The number of sulfone groups is 1. The Bertz CT molecular complexity index is 657. The van der Waals surface area contributed by atoms with Crippen molar-refractivity contribution in [2.75, 3.05) is 43.6 Å². The number of nitrogens with one attached hydrogen (secondary N) is 1. The van der Waals surface area contributed by atoms with E-state index < -0.39 is 9.84 Å². The minimum absolute atomic E-state index is 0.0635. The molecule has 0 atom stereocenters. The Morgan fingerprint density at radius 1 is 1.35 bits per heavy atom. The van der Waals surface area contributed by atoms with E-state index in [0.29, 0.717) is 10.7 Å². The predicted octanol–water partition coefficient (Wildman–Crippen LogP) is 1.55. The third-order valence-electron chi connectivity index (χ3n) is 3.53. The minimum Gasteiger partial charge on any atom is -0.379 e. The molecule has 1 N–H and O–H groups in total. The Hall–Kier alpha value is -1.15. The molecule has 1 saturated heterocycles. The van der Waals surface area contributed by atoms with Crippen molar-refractivity contribution in [1.82, 2.24) is 4.90 Å². The van der Waals surface area contributed by atoms with Crippen LogP contribution in [0.1, 0.15) is 12.0 Å². The molecule has 0 saturated carbocycles. The lowest BCUT2D eigenvalue weighted by Gasteiger charge is -2.27. The van der Waals surface area contributed by atoms with Gasteiger partial charge in [0, 0.05) is 43.0 Å². The number of amides is 1. The Kier molecular flexibility index (Phi) is 6.41. The van der Waals surface area contributed by atoms with Crippen LogP contribution in [0.25, 0.3) is 0 Å². The Morgan fingerprint density at radius 3 is 2.65 bits per heavy atom. The molecule has 1 heterocycles. The molecule has 6 nitrogen and oxygen atoms in total. The quantitative estimate of drug-likeness (QED) is 0.833. The summed E-state index contributed by atoms with van der Waals surface area (Å²) in [5.74, 6) is -0.505. The van der Waals surface area contributed by atoms with Gasteiger partial charge in [0.15, 0.2) is 0 Å². The minimum atomic E-state index is -3.15. The molecule has 2 rings (SSSR count). The number of ether oxygens (including phenoxy) is 1. The maximum absolute atomic E-state index is 11.7. The van der Waals surface area contributed by atoms with Crippen LogP contribution in [0.4, 0.5) is 5.69 Å². The zero-order chi connectivity index (χ0) is 16.9. The monoisotopic (exact) mass is 360 g/mol. The summed E-state index contributed by atoms with van der Waals surface area (Å²) in [4.78, 5) is 14.0. The van der Waals surface area contributed by atoms with Crippen LogP contribution in [-0.4, -0.2) is 57.5 Å². The molecule has 1 aliphatic heterocycles. The molecule has 0 unspecified atom stereocenters. The van der Waals surface area contributed by atoms with E-state index in [1.807, 2.05) is 6.07 Å². The standard InChI is InChI=1S/C15H21ClN2O4S/c1-23(20,21)9-4-15(19)17-13-3-2-12(14(16)10-13)11-18-5-7-22-8-6-18/h2-3,10H,4-9,11H2,1H3,(H,17,19). The molecular weight excluding hydrogens is 340 g/mol. The molecule has 23 heavy (non-hydrogen) atoms. The van der Waals surface area contributed by atoms with Crippen LogP contribution in [0.3, 0.4) is 0 Å². The van der Waals surface area contributed by atoms with E-state index in [1.54, 1.807) is 12.1 Å². The third-order valence-corrected chi connectivity index (χ3v) is 4.83. The molecule has 1 aromatic rings. The Balaban J connectivity index is 1.91. The van der Waals surface area contributed by atoms with Gasteiger partial charge in [-0.05, 0) is 17.7 Å². The lowest BCUT2D eigenvalue weighted by molar-refractivity contribution is -0.115. The molecule has 1 fully saturated rings. The van der Waals surface area contributed by atoms with Crippen LogP contribution in [0, 0.1) is 0 Å². The average molecular weight is 361 g/mol. The molecule has 1 aliphatic rings. The van der Waals surface area contributed by atoms with Gasteiger partial charge in [0.2, 0.25) is 5.91 Å². The molecule has 0 aliphatic carbocycles. The van der Waals surface area contributed by atoms with E-state index in [2.05, 4.69) is 10.2 Å². The number of rotatable bonds is 6. The number of hydrogen-bond acceptors (Lipinski definition) is 5. The van der Waals surface area contributed by atoms with Gasteiger partial charge in [-0.25, -0.2) is 8.42 Å². The highest BCUT2D eigenvalue weighted by molar-refractivity contribution is 7.90. The summed E-state index contributed by atoms with van der Waals surface area (Å²) in [5, 5.41) is 3.25. The van der Waals surface area contributed by atoms with Crippen LogP contribution in [0.2, 0.25) is 5.02 Å². The zero-order valence-electron chi connectivity index (χ0n) is 13.0. The van der Waals surface area contributed by atoms with Crippen molar-refractivity contribution in [2.24, 2.45) is 0 Å². The summed E-state index contributed by atoms with van der Waals surface area (Å²) in [6.45, 7) is 3.95. The highest BCUT2D eigenvalue weighted by atomic mass is 35.5. The van der Waals surface area contributed by atoms with Gasteiger partial charge in [0.25, 0.3) is 0 Å². The van der Waals surface area contributed by atoms with Crippen molar-refractivity contribution in [3.8, 4) is 0 Å². The van der Waals surface area contributed by atoms with Gasteiger partial charge >= 0.3 is 0 Å². The number of hydrogen-bond donors (Lipinski definition) is 1. The smallest absolute Gasteiger partial charge is 0.225 e. The molecule has 0 aromatic heterocycles. The highest BCUT2D eigenvalue weighted by Gasteiger charge is 2.13. The van der Waals surface area contributed by atoms with Crippen LogP contribution < -0.4 is 5.32 Å². The summed E-state index contributed by atoms with van der Waals surface area (Å²) in [7, 11) is -3.15. The second kappa shape index (κ2) is 8.10. The van der Waals surface area contributed by atoms with Crippen molar-refractivity contribution in [2.45, 2.75) is 13.0 Å². The van der Waals surface area contributed by atoms with Crippen molar-refractivity contribution < 1.29 is 17.9 Å². The van der Waals surface area contributed by atoms with Gasteiger partial charge in [0.05, 0.1) is 19.0 Å². The van der Waals surface area contributed by atoms with Crippen LogP contribution in [0.5, 0.6) is 0 Å². The summed E-state index contributed by atoms with van der Waals surface area (Å²) < 4.78 is 27.4. The Labute approximate surface area is 141 Å². The van der Waals surface area contributed by atoms with E-state index in [9.17, 15) is 13.2 Å². The molecule has 0 spiro atoms.